The number of benzene rings is 2. The molecule has 1 unspecified atom stereocenters. The molecule has 1 atom stereocenters. The molecule has 2 amide bonds. The number of halogens is 1. The SMILES string of the molecule is O=C(c1ccco1)N(CCN1CCOCC1)CC(=O)N1N=C(c2ccc(F)cc2)CC1c1cccc([N+](=O)[O-])c1. The number of nitro groups is 1. The molecule has 2 aromatic carbocycles. The lowest BCUT2D eigenvalue weighted by Crippen LogP contribution is -2.46. The number of non-ortho nitro benzene ring substituents is 1. The third-order valence-electron chi connectivity index (χ3n) is 6.94. The summed E-state index contributed by atoms with van der Waals surface area (Å²) in [5.74, 6) is -1.18. The van der Waals surface area contributed by atoms with E-state index < -0.39 is 28.6 Å². The van der Waals surface area contributed by atoms with Gasteiger partial charge in [-0.15, -0.1) is 0 Å². The lowest BCUT2D eigenvalue weighted by molar-refractivity contribution is -0.385. The summed E-state index contributed by atoms with van der Waals surface area (Å²) in [4.78, 5) is 41.6. The number of amides is 2. The monoisotopic (exact) mass is 549 g/mol. The summed E-state index contributed by atoms with van der Waals surface area (Å²) in [7, 11) is 0. The van der Waals surface area contributed by atoms with Crippen LogP contribution in [0.1, 0.15) is 34.1 Å². The van der Waals surface area contributed by atoms with Gasteiger partial charge in [-0.2, -0.15) is 5.10 Å². The van der Waals surface area contributed by atoms with Gasteiger partial charge in [-0.25, -0.2) is 9.40 Å². The average molecular weight is 550 g/mol. The quantitative estimate of drug-likeness (QED) is 0.296. The zero-order valence-corrected chi connectivity index (χ0v) is 21.6. The number of hydrazone groups is 1. The first-order chi connectivity index (χ1) is 19.4. The van der Waals surface area contributed by atoms with Crippen molar-refractivity contribution in [3.63, 3.8) is 0 Å². The molecule has 1 aromatic heterocycles. The normalized spacial score (nSPS) is 17.5. The zero-order valence-electron chi connectivity index (χ0n) is 21.6. The number of furan rings is 1. The van der Waals surface area contributed by atoms with Gasteiger partial charge in [0.2, 0.25) is 0 Å². The van der Waals surface area contributed by atoms with Gasteiger partial charge in [0.15, 0.2) is 5.76 Å². The van der Waals surface area contributed by atoms with Crippen LogP contribution < -0.4 is 0 Å². The predicted octanol–water partition coefficient (Wildman–Crippen LogP) is 3.48. The first kappa shape index (κ1) is 27.2. The third-order valence-corrected chi connectivity index (χ3v) is 6.94. The van der Waals surface area contributed by atoms with Gasteiger partial charge in [-0.1, -0.05) is 24.3 Å². The number of carbonyl (C=O) groups is 2. The molecule has 3 aromatic rings. The Bertz CT molecular complexity index is 1390. The van der Waals surface area contributed by atoms with Crippen molar-refractivity contribution in [3.8, 4) is 0 Å². The Kier molecular flexibility index (Phi) is 8.27. The van der Waals surface area contributed by atoms with Crippen molar-refractivity contribution >= 4 is 23.2 Å². The van der Waals surface area contributed by atoms with Crippen LogP contribution >= 0.6 is 0 Å². The number of hydrogen-bond acceptors (Lipinski definition) is 8. The molecule has 12 heteroatoms. The maximum atomic E-state index is 13.8. The van der Waals surface area contributed by atoms with E-state index in [0.29, 0.717) is 36.6 Å². The lowest BCUT2D eigenvalue weighted by atomic mass is 9.98. The van der Waals surface area contributed by atoms with Gasteiger partial charge in [0.05, 0.1) is 36.2 Å². The second kappa shape index (κ2) is 12.2. The molecular weight excluding hydrogens is 521 g/mol. The van der Waals surface area contributed by atoms with Gasteiger partial charge in [-0.3, -0.25) is 24.6 Å². The largest absolute Gasteiger partial charge is 0.459 e. The van der Waals surface area contributed by atoms with Gasteiger partial charge < -0.3 is 14.1 Å². The van der Waals surface area contributed by atoms with E-state index in [1.807, 2.05) is 0 Å². The van der Waals surface area contributed by atoms with Crippen LogP contribution in [0.25, 0.3) is 0 Å². The highest BCUT2D eigenvalue weighted by Gasteiger charge is 2.35. The number of ether oxygens (including phenoxy) is 1. The van der Waals surface area contributed by atoms with Crippen LogP contribution in [0.3, 0.4) is 0 Å². The van der Waals surface area contributed by atoms with Gasteiger partial charge in [0.25, 0.3) is 17.5 Å². The Hall–Kier alpha value is -4.42. The Labute approximate surface area is 229 Å². The first-order valence-electron chi connectivity index (χ1n) is 12.9. The van der Waals surface area contributed by atoms with Crippen LogP contribution in [0.15, 0.2) is 76.4 Å². The molecule has 1 fully saturated rings. The molecule has 208 valence electrons. The van der Waals surface area contributed by atoms with E-state index in [0.717, 1.165) is 13.1 Å². The topological polar surface area (TPSA) is 122 Å². The molecule has 0 radical (unpaired) electrons. The maximum Gasteiger partial charge on any atom is 0.290 e. The van der Waals surface area contributed by atoms with Crippen molar-refractivity contribution in [1.82, 2.24) is 14.8 Å². The van der Waals surface area contributed by atoms with Crippen LogP contribution in [0.2, 0.25) is 0 Å². The molecule has 0 N–H and O–H groups in total. The van der Waals surface area contributed by atoms with Crippen LogP contribution in [0.4, 0.5) is 10.1 Å². The van der Waals surface area contributed by atoms with E-state index in [-0.39, 0.29) is 31.0 Å². The van der Waals surface area contributed by atoms with Crippen LogP contribution in [0.5, 0.6) is 0 Å². The molecule has 2 aliphatic rings. The highest BCUT2D eigenvalue weighted by Crippen LogP contribution is 2.34. The predicted molar refractivity (Wildman–Crippen MR) is 142 cm³/mol. The minimum Gasteiger partial charge on any atom is -0.459 e. The minimum atomic E-state index is -0.646. The second-order valence-electron chi connectivity index (χ2n) is 9.52. The van der Waals surface area contributed by atoms with Crippen molar-refractivity contribution in [3.05, 3.63) is 99.7 Å². The highest BCUT2D eigenvalue weighted by molar-refractivity contribution is 6.03. The van der Waals surface area contributed by atoms with Crippen molar-refractivity contribution in [2.75, 3.05) is 45.9 Å². The average Bonchev–Trinajstić information content (AvgIpc) is 3.67. The van der Waals surface area contributed by atoms with E-state index in [9.17, 15) is 24.1 Å². The van der Waals surface area contributed by atoms with Crippen molar-refractivity contribution < 1.29 is 28.1 Å². The number of hydrogen-bond donors (Lipinski definition) is 0. The molecule has 3 heterocycles. The molecule has 11 nitrogen and oxygen atoms in total. The maximum absolute atomic E-state index is 13.8. The van der Waals surface area contributed by atoms with E-state index in [4.69, 9.17) is 9.15 Å². The smallest absolute Gasteiger partial charge is 0.290 e. The molecule has 0 saturated carbocycles. The number of carbonyl (C=O) groups excluding carboxylic acids is 2. The first-order valence-corrected chi connectivity index (χ1v) is 12.9. The Morgan fingerprint density at radius 1 is 1.10 bits per heavy atom. The molecule has 40 heavy (non-hydrogen) atoms. The van der Waals surface area contributed by atoms with E-state index >= 15 is 0 Å². The van der Waals surface area contributed by atoms with Crippen LogP contribution in [0, 0.1) is 15.9 Å². The number of rotatable bonds is 9. The fourth-order valence-corrected chi connectivity index (χ4v) is 4.79. The van der Waals surface area contributed by atoms with Gasteiger partial charge in [0, 0.05) is 44.7 Å². The fourth-order valence-electron chi connectivity index (χ4n) is 4.79. The van der Waals surface area contributed by atoms with Gasteiger partial charge in [0.1, 0.15) is 12.4 Å². The Balaban J connectivity index is 1.42. The Morgan fingerprint density at radius 2 is 1.88 bits per heavy atom. The third kappa shape index (κ3) is 6.24. The van der Waals surface area contributed by atoms with E-state index in [1.165, 1.54) is 40.4 Å². The summed E-state index contributed by atoms with van der Waals surface area (Å²) >= 11 is 0. The molecule has 5 rings (SSSR count). The number of nitrogens with zero attached hydrogens (tertiary/aromatic N) is 5. The van der Waals surface area contributed by atoms with Gasteiger partial charge in [-0.05, 0) is 35.4 Å². The summed E-state index contributed by atoms with van der Waals surface area (Å²) in [5.41, 5.74) is 1.57. The van der Waals surface area contributed by atoms with Crippen LogP contribution in [-0.2, 0) is 9.53 Å². The molecule has 0 spiro atoms. The summed E-state index contributed by atoms with van der Waals surface area (Å²) in [6.07, 6.45) is 1.66. The summed E-state index contributed by atoms with van der Waals surface area (Å²) in [6.45, 7) is 3.19. The standard InChI is InChI=1S/C28H28FN5O6/c29-22-8-6-20(7-9-22)24-18-25(21-3-1-4-23(17-21)34(37)38)33(30-24)27(35)19-32(28(36)26-5-2-14-40-26)11-10-31-12-15-39-16-13-31/h1-9,14,17,25H,10-13,15-16,18-19H2. The zero-order chi connectivity index (χ0) is 28.1. The molecule has 0 aliphatic carbocycles. The summed E-state index contributed by atoms with van der Waals surface area (Å²) in [5, 5.41) is 17.3. The fraction of sp³-hybridized carbons (Fsp3) is 0.321. The van der Waals surface area contributed by atoms with Gasteiger partial charge >= 0.3 is 0 Å². The van der Waals surface area contributed by atoms with E-state index in [2.05, 4.69) is 10.0 Å². The lowest BCUT2D eigenvalue weighted by Gasteiger charge is -2.30. The number of nitro benzene ring substituents is 1. The molecule has 2 aliphatic heterocycles. The van der Waals surface area contributed by atoms with E-state index in [1.54, 1.807) is 36.4 Å². The molecule has 1 saturated heterocycles. The molecule has 0 bridgehead atoms. The van der Waals surface area contributed by atoms with Crippen molar-refractivity contribution in [2.45, 2.75) is 12.5 Å². The van der Waals surface area contributed by atoms with Crippen molar-refractivity contribution in [2.24, 2.45) is 5.10 Å². The molecular formula is C28H28FN5O6. The van der Waals surface area contributed by atoms with Crippen molar-refractivity contribution in [1.29, 1.82) is 0 Å². The summed E-state index contributed by atoms with van der Waals surface area (Å²) < 4.78 is 24.3. The van der Waals surface area contributed by atoms with Crippen LogP contribution in [-0.4, -0.2) is 83.2 Å². The second-order valence-corrected chi connectivity index (χ2v) is 9.52. The Morgan fingerprint density at radius 3 is 2.58 bits per heavy atom. The highest BCUT2D eigenvalue weighted by atomic mass is 19.1. The summed E-state index contributed by atoms with van der Waals surface area (Å²) in [6, 6.07) is 14.3. The number of morpholine rings is 1. The minimum absolute atomic E-state index is 0.111.